The predicted octanol–water partition coefficient (Wildman–Crippen LogP) is 2.89. The van der Waals surface area contributed by atoms with Crippen LogP contribution in [-0.2, 0) is 6.42 Å². The number of furan rings is 1. The molecule has 2 nitrogen and oxygen atoms in total. The Hall–Kier alpha value is -1.28. The second kappa shape index (κ2) is 4.07. The van der Waals surface area contributed by atoms with Crippen molar-refractivity contribution in [3.8, 4) is 0 Å². The molecule has 0 bridgehead atoms. The molecule has 2 aromatic rings. The largest absolute Gasteiger partial charge is 0.464 e. The summed E-state index contributed by atoms with van der Waals surface area (Å²) in [5.74, 6) is 0. The lowest BCUT2D eigenvalue weighted by atomic mass is 10.1. The summed E-state index contributed by atoms with van der Waals surface area (Å²) in [5, 5.41) is 4.45. The average Bonchev–Trinajstić information content (AvgIpc) is 2.60. The Bertz CT molecular complexity index is 459. The van der Waals surface area contributed by atoms with Crippen LogP contribution in [0.25, 0.3) is 11.0 Å². The lowest BCUT2D eigenvalue weighted by molar-refractivity contribution is 0.601. The summed E-state index contributed by atoms with van der Waals surface area (Å²) in [6.45, 7) is 4.25. The van der Waals surface area contributed by atoms with E-state index in [-0.39, 0.29) is 0 Å². The van der Waals surface area contributed by atoms with Gasteiger partial charge in [-0.3, -0.25) is 0 Å². The highest BCUT2D eigenvalue weighted by atomic mass is 16.3. The first-order valence-electron chi connectivity index (χ1n) is 5.34. The van der Waals surface area contributed by atoms with Crippen molar-refractivity contribution in [1.29, 1.82) is 0 Å². The van der Waals surface area contributed by atoms with Crippen LogP contribution >= 0.6 is 0 Å². The molecule has 0 fully saturated rings. The van der Waals surface area contributed by atoms with Crippen LogP contribution in [0, 0.1) is 6.92 Å². The first-order chi connectivity index (χ1) is 7.20. The molecule has 0 spiro atoms. The molecule has 1 heterocycles. The maximum Gasteiger partial charge on any atom is 0.134 e. The van der Waals surface area contributed by atoms with E-state index < -0.39 is 0 Å². The third-order valence-corrected chi connectivity index (χ3v) is 2.87. The van der Waals surface area contributed by atoms with Gasteiger partial charge in [0.25, 0.3) is 0 Å². The molecule has 1 aromatic carbocycles. The van der Waals surface area contributed by atoms with E-state index in [4.69, 9.17) is 4.42 Å². The van der Waals surface area contributed by atoms with Crippen molar-refractivity contribution >= 4 is 11.0 Å². The maximum absolute atomic E-state index is 5.48. The lowest BCUT2D eigenvalue weighted by Gasteiger charge is -2.09. The van der Waals surface area contributed by atoms with E-state index in [0.29, 0.717) is 6.04 Å². The number of rotatable bonds is 3. The first kappa shape index (κ1) is 10.2. The van der Waals surface area contributed by atoms with E-state index in [1.807, 2.05) is 13.3 Å². The normalized spacial score (nSPS) is 13.3. The molecule has 2 heteroatoms. The van der Waals surface area contributed by atoms with Crippen LogP contribution in [0.1, 0.15) is 18.1 Å². The summed E-state index contributed by atoms with van der Waals surface area (Å²) in [6, 6.07) is 6.96. The number of hydrogen-bond donors (Lipinski definition) is 1. The van der Waals surface area contributed by atoms with Crippen molar-refractivity contribution in [2.75, 3.05) is 7.05 Å². The third kappa shape index (κ3) is 2.05. The number of hydrogen-bond acceptors (Lipinski definition) is 2. The van der Waals surface area contributed by atoms with Crippen LogP contribution in [0.15, 0.2) is 28.9 Å². The zero-order chi connectivity index (χ0) is 10.8. The fourth-order valence-electron chi connectivity index (χ4n) is 1.79. The molecule has 1 atom stereocenters. The van der Waals surface area contributed by atoms with E-state index in [0.717, 1.165) is 12.0 Å². The first-order valence-corrected chi connectivity index (χ1v) is 5.34. The van der Waals surface area contributed by atoms with E-state index in [2.05, 4.69) is 37.4 Å². The van der Waals surface area contributed by atoms with Gasteiger partial charge < -0.3 is 9.73 Å². The summed E-state index contributed by atoms with van der Waals surface area (Å²) in [5.41, 5.74) is 3.52. The highest BCUT2D eigenvalue weighted by molar-refractivity contribution is 5.81. The van der Waals surface area contributed by atoms with E-state index >= 15 is 0 Å². The summed E-state index contributed by atoms with van der Waals surface area (Å²) in [6.07, 6.45) is 2.85. The van der Waals surface area contributed by atoms with E-state index in [9.17, 15) is 0 Å². The van der Waals surface area contributed by atoms with Gasteiger partial charge in [0, 0.05) is 11.4 Å². The predicted molar refractivity (Wildman–Crippen MR) is 63.2 cm³/mol. The van der Waals surface area contributed by atoms with Crippen molar-refractivity contribution in [1.82, 2.24) is 5.32 Å². The lowest BCUT2D eigenvalue weighted by Crippen LogP contribution is -2.23. The Morgan fingerprint density at radius 3 is 2.93 bits per heavy atom. The van der Waals surface area contributed by atoms with Crippen LogP contribution in [0.2, 0.25) is 0 Å². The van der Waals surface area contributed by atoms with Crippen LogP contribution in [0.4, 0.5) is 0 Å². The summed E-state index contributed by atoms with van der Waals surface area (Å²) >= 11 is 0. The maximum atomic E-state index is 5.48. The third-order valence-electron chi connectivity index (χ3n) is 2.87. The quantitative estimate of drug-likeness (QED) is 0.829. The van der Waals surface area contributed by atoms with Gasteiger partial charge in [0.1, 0.15) is 5.58 Å². The molecule has 0 radical (unpaired) electrons. The molecule has 1 aromatic heterocycles. The number of likely N-dealkylation sites (N-methyl/N-ethyl adjacent to an activating group) is 1. The molecule has 0 aliphatic heterocycles. The molecule has 0 saturated carbocycles. The molecular formula is C13H17NO. The smallest absolute Gasteiger partial charge is 0.134 e. The number of nitrogens with one attached hydrogen (secondary N) is 1. The molecule has 0 aliphatic rings. The number of benzene rings is 1. The van der Waals surface area contributed by atoms with Gasteiger partial charge in [-0.1, -0.05) is 12.1 Å². The molecule has 0 amide bonds. The van der Waals surface area contributed by atoms with Crippen molar-refractivity contribution in [2.45, 2.75) is 26.3 Å². The summed E-state index contributed by atoms with van der Waals surface area (Å²) < 4.78 is 5.48. The second-order valence-corrected chi connectivity index (χ2v) is 4.14. The fraction of sp³-hybridized carbons (Fsp3) is 0.385. The molecule has 2 rings (SSSR count). The molecule has 80 valence electrons. The number of aryl methyl sites for hydroxylation is 1. The fourth-order valence-corrected chi connectivity index (χ4v) is 1.79. The van der Waals surface area contributed by atoms with Crippen LogP contribution in [0.5, 0.6) is 0 Å². The highest BCUT2D eigenvalue weighted by Gasteiger charge is 2.05. The average molecular weight is 203 g/mol. The Morgan fingerprint density at radius 2 is 2.20 bits per heavy atom. The molecule has 1 unspecified atom stereocenters. The standard InChI is InChI=1S/C13H17NO/c1-9-8-15-13-7-11(4-5-12(9)13)6-10(2)14-3/h4-5,7-8,10,14H,6H2,1-3H3. The molecular weight excluding hydrogens is 186 g/mol. The number of fused-ring (bicyclic) bond motifs is 1. The Labute approximate surface area is 90.3 Å². The van der Waals surface area contributed by atoms with Gasteiger partial charge in [-0.25, -0.2) is 0 Å². The topological polar surface area (TPSA) is 25.2 Å². The Balaban J connectivity index is 2.31. The molecule has 15 heavy (non-hydrogen) atoms. The van der Waals surface area contributed by atoms with Gasteiger partial charge >= 0.3 is 0 Å². The highest BCUT2D eigenvalue weighted by Crippen LogP contribution is 2.21. The Kier molecular flexibility index (Phi) is 2.78. The molecule has 0 saturated heterocycles. The minimum Gasteiger partial charge on any atom is -0.464 e. The Morgan fingerprint density at radius 1 is 1.40 bits per heavy atom. The van der Waals surface area contributed by atoms with Crippen molar-refractivity contribution < 1.29 is 4.42 Å². The van der Waals surface area contributed by atoms with Gasteiger partial charge in [0.05, 0.1) is 6.26 Å². The molecule has 0 aliphatic carbocycles. The van der Waals surface area contributed by atoms with Gasteiger partial charge in [-0.2, -0.15) is 0 Å². The van der Waals surface area contributed by atoms with Gasteiger partial charge in [0.15, 0.2) is 0 Å². The monoisotopic (exact) mass is 203 g/mol. The second-order valence-electron chi connectivity index (χ2n) is 4.14. The van der Waals surface area contributed by atoms with Crippen LogP contribution in [-0.4, -0.2) is 13.1 Å². The zero-order valence-electron chi connectivity index (χ0n) is 9.50. The van der Waals surface area contributed by atoms with Crippen molar-refractivity contribution in [3.63, 3.8) is 0 Å². The van der Waals surface area contributed by atoms with Crippen LogP contribution in [0.3, 0.4) is 0 Å². The van der Waals surface area contributed by atoms with Crippen molar-refractivity contribution in [2.24, 2.45) is 0 Å². The minimum atomic E-state index is 0.499. The van der Waals surface area contributed by atoms with E-state index in [1.54, 1.807) is 0 Å². The van der Waals surface area contributed by atoms with E-state index in [1.165, 1.54) is 16.5 Å². The summed E-state index contributed by atoms with van der Waals surface area (Å²) in [7, 11) is 1.99. The SMILES string of the molecule is CNC(C)Cc1ccc2c(C)coc2c1. The molecule has 1 N–H and O–H groups in total. The van der Waals surface area contributed by atoms with Gasteiger partial charge in [-0.15, -0.1) is 0 Å². The van der Waals surface area contributed by atoms with Crippen LogP contribution < -0.4 is 5.32 Å². The van der Waals surface area contributed by atoms with Crippen molar-refractivity contribution in [3.05, 3.63) is 35.6 Å². The minimum absolute atomic E-state index is 0.499. The van der Waals surface area contributed by atoms with Gasteiger partial charge in [-0.05, 0) is 44.5 Å². The zero-order valence-corrected chi connectivity index (χ0v) is 9.50. The summed E-state index contributed by atoms with van der Waals surface area (Å²) in [4.78, 5) is 0. The van der Waals surface area contributed by atoms with Gasteiger partial charge in [0.2, 0.25) is 0 Å².